The van der Waals surface area contributed by atoms with E-state index in [2.05, 4.69) is 29.8 Å². The average Bonchev–Trinajstić information content (AvgIpc) is 2.35. The molecule has 1 amide bonds. The van der Waals surface area contributed by atoms with Gasteiger partial charge >= 0.3 is 0 Å². The number of carbonyl (C=O) groups is 1. The molecule has 0 radical (unpaired) electrons. The molecule has 3 nitrogen and oxygen atoms in total. The van der Waals surface area contributed by atoms with E-state index in [1.54, 1.807) is 6.92 Å². The Kier molecular flexibility index (Phi) is 3.66. The number of anilines is 1. The summed E-state index contributed by atoms with van der Waals surface area (Å²) < 4.78 is 5.62. The van der Waals surface area contributed by atoms with E-state index < -0.39 is 6.10 Å². The summed E-state index contributed by atoms with van der Waals surface area (Å²) in [6, 6.07) is 7.70. The molecular weight excluding hydrogens is 294 g/mol. The SMILES string of the molecule is CC1Oc2ccccc2N(CC(C)(C)CBr)C1=O. The number of benzene rings is 1. The summed E-state index contributed by atoms with van der Waals surface area (Å²) in [5.74, 6) is 0.817. The van der Waals surface area contributed by atoms with Crippen molar-refractivity contribution in [2.75, 3.05) is 16.8 Å². The van der Waals surface area contributed by atoms with Crippen molar-refractivity contribution in [3.8, 4) is 5.75 Å². The zero-order valence-electron chi connectivity index (χ0n) is 10.9. The van der Waals surface area contributed by atoms with Gasteiger partial charge in [-0.05, 0) is 24.5 Å². The Bertz CT molecular complexity index is 459. The molecule has 1 aliphatic rings. The summed E-state index contributed by atoms with van der Waals surface area (Å²) in [5.41, 5.74) is 0.898. The standard InChI is InChI=1S/C14H18BrNO2/c1-10-13(17)16(9-14(2,3)8-15)11-6-4-5-7-12(11)18-10/h4-7,10H,8-9H2,1-3H3. The number of amides is 1. The number of para-hydroxylation sites is 2. The summed E-state index contributed by atoms with van der Waals surface area (Å²) in [6.07, 6.45) is -0.411. The van der Waals surface area contributed by atoms with E-state index in [9.17, 15) is 4.79 Å². The van der Waals surface area contributed by atoms with Crippen LogP contribution in [0.15, 0.2) is 24.3 Å². The third-order valence-electron chi connectivity index (χ3n) is 3.02. The molecule has 1 aromatic carbocycles. The van der Waals surface area contributed by atoms with Crippen LogP contribution in [0, 0.1) is 5.41 Å². The first-order chi connectivity index (χ1) is 8.44. The van der Waals surface area contributed by atoms with Gasteiger partial charge in [-0.2, -0.15) is 0 Å². The molecule has 0 N–H and O–H groups in total. The fraction of sp³-hybridized carbons (Fsp3) is 0.500. The Morgan fingerprint density at radius 2 is 2.06 bits per heavy atom. The smallest absolute Gasteiger partial charge is 0.267 e. The lowest BCUT2D eigenvalue weighted by Crippen LogP contribution is -2.48. The van der Waals surface area contributed by atoms with Gasteiger partial charge in [-0.3, -0.25) is 4.79 Å². The van der Waals surface area contributed by atoms with Gasteiger partial charge in [0.1, 0.15) is 5.75 Å². The van der Waals surface area contributed by atoms with Crippen LogP contribution in [0.1, 0.15) is 20.8 Å². The van der Waals surface area contributed by atoms with Crippen LogP contribution in [0.4, 0.5) is 5.69 Å². The van der Waals surface area contributed by atoms with Crippen LogP contribution in [0.25, 0.3) is 0 Å². The molecule has 1 aliphatic heterocycles. The van der Waals surface area contributed by atoms with Crippen molar-refractivity contribution in [2.24, 2.45) is 5.41 Å². The normalized spacial score (nSPS) is 19.4. The Labute approximate surface area is 116 Å². The molecule has 1 heterocycles. The van der Waals surface area contributed by atoms with Crippen molar-refractivity contribution in [1.82, 2.24) is 0 Å². The number of hydrogen-bond acceptors (Lipinski definition) is 2. The molecule has 1 atom stereocenters. The summed E-state index contributed by atoms with van der Waals surface area (Å²) in [4.78, 5) is 14.1. The van der Waals surface area contributed by atoms with E-state index in [0.717, 1.165) is 16.8 Å². The van der Waals surface area contributed by atoms with Crippen molar-refractivity contribution in [1.29, 1.82) is 0 Å². The molecule has 0 aliphatic carbocycles. The highest BCUT2D eigenvalue weighted by atomic mass is 79.9. The lowest BCUT2D eigenvalue weighted by molar-refractivity contribution is -0.125. The molecule has 98 valence electrons. The van der Waals surface area contributed by atoms with E-state index in [0.29, 0.717) is 6.54 Å². The summed E-state index contributed by atoms with van der Waals surface area (Å²) >= 11 is 3.50. The monoisotopic (exact) mass is 311 g/mol. The third kappa shape index (κ3) is 2.53. The van der Waals surface area contributed by atoms with Crippen LogP contribution in [0.3, 0.4) is 0 Å². The van der Waals surface area contributed by atoms with Crippen LogP contribution in [-0.4, -0.2) is 23.9 Å². The number of rotatable bonds is 3. The summed E-state index contributed by atoms with van der Waals surface area (Å²) in [7, 11) is 0. The molecule has 4 heteroatoms. The minimum atomic E-state index is -0.411. The minimum absolute atomic E-state index is 0.0276. The Balaban J connectivity index is 2.36. The van der Waals surface area contributed by atoms with Gasteiger partial charge in [0.05, 0.1) is 5.69 Å². The Morgan fingerprint density at radius 3 is 2.72 bits per heavy atom. The van der Waals surface area contributed by atoms with Gasteiger partial charge < -0.3 is 9.64 Å². The van der Waals surface area contributed by atoms with Gasteiger partial charge in [-0.25, -0.2) is 0 Å². The Morgan fingerprint density at radius 1 is 1.39 bits per heavy atom. The van der Waals surface area contributed by atoms with E-state index in [1.165, 1.54) is 0 Å². The van der Waals surface area contributed by atoms with Crippen LogP contribution < -0.4 is 9.64 Å². The molecule has 0 spiro atoms. The number of halogens is 1. The molecule has 0 saturated heterocycles. The number of fused-ring (bicyclic) bond motifs is 1. The van der Waals surface area contributed by atoms with Crippen LogP contribution in [-0.2, 0) is 4.79 Å². The van der Waals surface area contributed by atoms with Crippen LogP contribution in [0.5, 0.6) is 5.75 Å². The lowest BCUT2D eigenvalue weighted by Gasteiger charge is -2.37. The number of hydrogen-bond donors (Lipinski definition) is 0. The summed E-state index contributed by atoms with van der Waals surface area (Å²) in [5, 5.41) is 0.848. The molecule has 2 rings (SSSR count). The first-order valence-corrected chi connectivity index (χ1v) is 7.20. The van der Waals surface area contributed by atoms with E-state index in [4.69, 9.17) is 4.74 Å². The predicted molar refractivity (Wildman–Crippen MR) is 76.5 cm³/mol. The first kappa shape index (κ1) is 13.4. The molecule has 18 heavy (non-hydrogen) atoms. The zero-order chi connectivity index (χ0) is 13.3. The molecule has 1 unspecified atom stereocenters. The van der Waals surface area contributed by atoms with Crippen molar-refractivity contribution in [3.05, 3.63) is 24.3 Å². The van der Waals surface area contributed by atoms with Crippen LogP contribution >= 0.6 is 15.9 Å². The maximum atomic E-state index is 12.3. The highest BCUT2D eigenvalue weighted by Gasteiger charge is 2.34. The second-order valence-electron chi connectivity index (χ2n) is 5.45. The minimum Gasteiger partial charge on any atom is -0.479 e. The zero-order valence-corrected chi connectivity index (χ0v) is 12.5. The number of nitrogens with zero attached hydrogens (tertiary/aromatic N) is 1. The van der Waals surface area contributed by atoms with Gasteiger partial charge in [0.25, 0.3) is 5.91 Å². The van der Waals surface area contributed by atoms with Gasteiger partial charge in [-0.1, -0.05) is 41.9 Å². The van der Waals surface area contributed by atoms with E-state index in [1.807, 2.05) is 29.2 Å². The van der Waals surface area contributed by atoms with Crippen molar-refractivity contribution in [2.45, 2.75) is 26.9 Å². The molecule has 1 aromatic rings. The van der Waals surface area contributed by atoms with Crippen molar-refractivity contribution in [3.63, 3.8) is 0 Å². The third-order valence-corrected chi connectivity index (χ3v) is 4.54. The average molecular weight is 312 g/mol. The van der Waals surface area contributed by atoms with Gasteiger partial charge in [0, 0.05) is 11.9 Å². The Hall–Kier alpha value is -1.03. The number of ether oxygens (including phenoxy) is 1. The highest BCUT2D eigenvalue weighted by molar-refractivity contribution is 9.09. The van der Waals surface area contributed by atoms with Gasteiger partial charge in [0.2, 0.25) is 0 Å². The molecular formula is C14H18BrNO2. The maximum Gasteiger partial charge on any atom is 0.267 e. The van der Waals surface area contributed by atoms with Crippen molar-refractivity contribution >= 4 is 27.5 Å². The maximum absolute atomic E-state index is 12.3. The number of carbonyl (C=O) groups excluding carboxylic acids is 1. The van der Waals surface area contributed by atoms with E-state index >= 15 is 0 Å². The summed E-state index contributed by atoms with van der Waals surface area (Å²) in [6.45, 7) is 6.75. The second-order valence-corrected chi connectivity index (χ2v) is 6.01. The predicted octanol–water partition coefficient (Wildman–Crippen LogP) is 3.22. The van der Waals surface area contributed by atoms with Crippen molar-refractivity contribution < 1.29 is 9.53 Å². The van der Waals surface area contributed by atoms with Gasteiger partial charge in [-0.15, -0.1) is 0 Å². The molecule has 0 bridgehead atoms. The largest absolute Gasteiger partial charge is 0.479 e. The molecule has 0 saturated carbocycles. The highest BCUT2D eigenvalue weighted by Crippen LogP contribution is 2.35. The number of alkyl halides is 1. The van der Waals surface area contributed by atoms with E-state index in [-0.39, 0.29) is 11.3 Å². The fourth-order valence-corrected chi connectivity index (χ4v) is 2.17. The second kappa shape index (κ2) is 4.92. The fourth-order valence-electron chi connectivity index (χ4n) is 1.99. The van der Waals surface area contributed by atoms with Crippen LogP contribution in [0.2, 0.25) is 0 Å². The molecule has 0 fully saturated rings. The lowest BCUT2D eigenvalue weighted by atomic mass is 9.95. The first-order valence-electron chi connectivity index (χ1n) is 6.08. The quantitative estimate of drug-likeness (QED) is 0.802. The topological polar surface area (TPSA) is 29.5 Å². The van der Waals surface area contributed by atoms with Gasteiger partial charge in [0.15, 0.2) is 6.10 Å². The molecule has 0 aromatic heterocycles.